The van der Waals surface area contributed by atoms with Crippen molar-refractivity contribution in [1.82, 2.24) is 0 Å². The number of carboxylic acid groups (broad SMARTS) is 1. The van der Waals surface area contributed by atoms with Gasteiger partial charge in [-0.2, -0.15) is 0 Å². The van der Waals surface area contributed by atoms with Crippen LogP contribution in [0, 0.1) is 4.91 Å². The Bertz CT molecular complexity index is 472. The normalized spacial score (nSPS) is 12.3. The number of carbonyl (C=O) groups is 1. The summed E-state index contributed by atoms with van der Waals surface area (Å²) in [7, 11) is 1.58. The number of aliphatic carboxylic acids is 1. The third-order valence-corrected chi connectivity index (χ3v) is 2.88. The monoisotopic (exact) mass is 262 g/mol. The van der Waals surface area contributed by atoms with Crippen molar-refractivity contribution in [2.75, 3.05) is 12.1 Å². The Morgan fingerprint density at radius 2 is 2.16 bits per heavy atom. The Morgan fingerprint density at radius 1 is 1.47 bits per heavy atom. The van der Waals surface area contributed by atoms with Gasteiger partial charge in [-0.3, -0.25) is 0 Å². The lowest BCUT2D eigenvalue weighted by molar-refractivity contribution is -0.131. The zero-order valence-electron chi connectivity index (χ0n) is 11.1. The number of rotatable bonds is 7. The van der Waals surface area contributed by atoms with Crippen LogP contribution in [0.5, 0.6) is 0 Å². The van der Waals surface area contributed by atoms with E-state index in [1.807, 2.05) is 25.1 Å². The molecule has 0 aliphatic carbocycles. The van der Waals surface area contributed by atoms with Gasteiger partial charge in [0.25, 0.3) is 0 Å². The first-order valence-electron chi connectivity index (χ1n) is 6.17. The molecular formula is C14H18N2O3. The average Bonchev–Trinajstić information content (AvgIpc) is 2.42. The fraction of sp³-hybridized carbons (Fsp3) is 0.357. The third kappa shape index (κ3) is 4.21. The molecule has 1 atom stereocenters. The van der Waals surface area contributed by atoms with E-state index in [9.17, 15) is 9.70 Å². The minimum Gasteiger partial charge on any atom is -0.478 e. The second-order valence-electron chi connectivity index (χ2n) is 4.26. The first-order valence-corrected chi connectivity index (χ1v) is 6.17. The van der Waals surface area contributed by atoms with Crippen LogP contribution in [0.3, 0.4) is 0 Å². The van der Waals surface area contributed by atoms with E-state index in [0.29, 0.717) is 5.69 Å². The van der Waals surface area contributed by atoms with Crippen molar-refractivity contribution in [3.05, 3.63) is 46.9 Å². The summed E-state index contributed by atoms with van der Waals surface area (Å²) in [5.41, 5.74) is 1.61. The van der Waals surface area contributed by atoms with E-state index >= 15 is 0 Å². The maximum atomic E-state index is 10.7. The largest absolute Gasteiger partial charge is 0.478 e. The molecule has 1 aromatic rings. The van der Waals surface area contributed by atoms with E-state index in [1.165, 1.54) is 5.01 Å². The van der Waals surface area contributed by atoms with Crippen LogP contribution in [0.15, 0.2) is 41.7 Å². The van der Waals surface area contributed by atoms with Gasteiger partial charge in [-0.15, -0.1) is 4.91 Å². The van der Waals surface area contributed by atoms with Gasteiger partial charge in [-0.25, -0.2) is 9.80 Å². The average molecular weight is 262 g/mol. The zero-order chi connectivity index (χ0) is 14.3. The van der Waals surface area contributed by atoms with Crippen LogP contribution in [-0.4, -0.2) is 18.1 Å². The number of nitroso groups, excluding NO2 is 1. The van der Waals surface area contributed by atoms with E-state index in [1.54, 1.807) is 19.2 Å². The molecule has 0 aliphatic rings. The first kappa shape index (κ1) is 14.9. The summed E-state index contributed by atoms with van der Waals surface area (Å²) in [6.07, 6.45) is 4.53. The van der Waals surface area contributed by atoms with Gasteiger partial charge in [-0.1, -0.05) is 37.6 Å². The van der Waals surface area contributed by atoms with Gasteiger partial charge in [0.15, 0.2) is 0 Å². The van der Waals surface area contributed by atoms with E-state index < -0.39 is 5.97 Å². The van der Waals surface area contributed by atoms with Gasteiger partial charge in [-0.05, 0) is 18.1 Å². The molecule has 5 heteroatoms. The van der Waals surface area contributed by atoms with Crippen molar-refractivity contribution in [3.8, 4) is 0 Å². The molecule has 1 aromatic carbocycles. The summed E-state index contributed by atoms with van der Waals surface area (Å²) < 4.78 is 0. The van der Waals surface area contributed by atoms with Crippen molar-refractivity contribution in [2.45, 2.75) is 25.7 Å². The number of nitrogens with zero attached hydrogens (tertiary/aromatic N) is 2. The van der Waals surface area contributed by atoms with Crippen molar-refractivity contribution in [1.29, 1.82) is 0 Å². The van der Waals surface area contributed by atoms with Crippen molar-refractivity contribution in [3.63, 3.8) is 0 Å². The molecule has 19 heavy (non-hydrogen) atoms. The Hall–Kier alpha value is -2.17. The first-order chi connectivity index (χ1) is 9.10. The highest BCUT2D eigenvalue weighted by atomic mass is 16.4. The SMILES string of the molecule is CCCC(C=CC(=O)O)c1ccccc1N(C)N=O. The van der Waals surface area contributed by atoms with Crippen LogP contribution in [0.2, 0.25) is 0 Å². The maximum absolute atomic E-state index is 10.7. The lowest BCUT2D eigenvalue weighted by Crippen LogP contribution is -2.11. The van der Waals surface area contributed by atoms with E-state index in [4.69, 9.17) is 5.11 Å². The molecule has 0 amide bonds. The maximum Gasteiger partial charge on any atom is 0.327 e. The van der Waals surface area contributed by atoms with Crippen LogP contribution in [0.25, 0.3) is 0 Å². The van der Waals surface area contributed by atoms with Crippen LogP contribution in [0.4, 0.5) is 5.69 Å². The third-order valence-electron chi connectivity index (χ3n) is 2.88. The molecule has 0 radical (unpaired) electrons. The highest BCUT2D eigenvalue weighted by Gasteiger charge is 2.14. The molecule has 0 aliphatic heterocycles. The standard InChI is InChI=1S/C14H18N2O3/c1-3-6-11(9-10-14(17)18)12-7-4-5-8-13(12)16(2)15-19/h4-5,7-11H,3,6H2,1-2H3,(H,17,18). The topological polar surface area (TPSA) is 70.0 Å². The van der Waals surface area contributed by atoms with Gasteiger partial charge in [0.1, 0.15) is 0 Å². The Morgan fingerprint density at radius 3 is 2.74 bits per heavy atom. The summed E-state index contributed by atoms with van der Waals surface area (Å²) in [4.78, 5) is 21.3. The van der Waals surface area contributed by atoms with Gasteiger partial charge in [0.05, 0.1) is 11.0 Å². The predicted molar refractivity (Wildman–Crippen MR) is 75.1 cm³/mol. The second-order valence-corrected chi connectivity index (χ2v) is 4.26. The van der Waals surface area contributed by atoms with Crippen LogP contribution >= 0.6 is 0 Å². The van der Waals surface area contributed by atoms with Crippen LogP contribution < -0.4 is 5.01 Å². The van der Waals surface area contributed by atoms with E-state index in [0.717, 1.165) is 24.5 Å². The number of benzene rings is 1. The van der Waals surface area contributed by atoms with Crippen molar-refractivity contribution >= 4 is 11.7 Å². The Balaban J connectivity index is 3.14. The summed E-state index contributed by atoms with van der Waals surface area (Å²) >= 11 is 0. The Kier molecular flexibility index (Phi) is 5.73. The van der Waals surface area contributed by atoms with Crippen LogP contribution in [0.1, 0.15) is 31.2 Å². The highest BCUT2D eigenvalue weighted by Crippen LogP contribution is 2.31. The molecule has 0 saturated heterocycles. The smallest absolute Gasteiger partial charge is 0.327 e. The number of carboxylic acids is 1. The lowest BCUT2D eigenvalue weighted by atomic mass is 9.92. The van der Waals surface area contributed by atoms with Gasteiger partial charge in [0.2, 0.25) is 0 Å². The predicted octanol–water partition coefficient (Wildman–Crippen LogP) is 3.33. The van der Waals surface area contributed by atoms with Crippen molar-refractivity contribution < 1.29 is 9.90 Å². The number of hydrogen-bond donors (Lipinski definition) is 1. The molecule has 0 aromatic heterocycles. The fourth-order valence-electron chi connectivity index (χ4n) is 2.00. The Labute approximate surface area is 112 Å². The second kappa shape index (κ2) is 7.31. The molecule has 0 fully saturated rings. The fourth-order valence-corrected chi connectivity index (χ4v) is 2.00. The quantitative estimate of drug-likeness (QED) is 0.465. The zero-order valence-corrected chi connectivity index (χ0v) is 11.1. The molecule has 1 unspecified atom stereocenters. The van der Waals surface area contributed by atoms with Gasteiger partial charge in [0, 0.05) is 19.0 Å². The van der Waals surface area contributed by atoms with E-state index in [-0.39, 0.29) is 5.92 Å². The minimum atomic E-state index is -0.972. The molecule has 0 bridgehead atoms. The lowest BCUT2D eigenvalue weighted by Gasteiger charge is -2.19. The number of hydrogen-bond acceptors (Lipinski definition) is 3. The van der Waals surface area contributed by atoms with E-state index in [2.05, 4.69) is 5.29 Å². The minimum absolute atomic E-state index is 0.0403. The summed E-state index contributed by atoms with van der Waals surface area (Å²) in [6.45, 7) is 2.03. The molecule has 5 nitrogen and oxygen atoms in total. The molecule has 1 N–H and O–H groups in total. The summed E-state index contributed by atoms with van der Waals surface area (Å²) in [5.74, 6) is -1.01. The number of para-hydroxylation sites is 1. The molecule has 102 valence electrons. The summed E-state index contributed by atoms with van der Waals surface area (Å²) in [5, 5.41) is 12.9. The summed E-state index contributed by atoms with van der Waals surface area (Å²) in [6, 6.07) is 7.39. The number of allylic oxidation sites excluding steroid dienone is 1. The van der Waals surface area contributed by atoms with Gasteiger partial charge >= 0.3 is 5.97 Å². The molecular weight excluding hydrogens is 244 g/mol. The number of anilines is 1. The molecule has 1 rings (SSSR count). The van der Waals surface area contributed by atoms with Crippen molar-refractivity contribution in [2.24, 2.45) is 5.29 Å². The molecule has 0 heterocycles. The molecule has 0 spiro atoms. The molecule has 0 saturated carbocycles. The van der Waals surface area contributed by atoms with Gasteiger partial charge < -0.3 is 5.11 Å². The highest BCUT2D eigenvalue weighted by molar-refractivity contribution is 5.80. The van der Waals surface area contributed by atoms with Crippen LogP contribution in [-0.2, 0) is 4.79 Å².